The van der Waals surface area contributed by atoms with Crippen molar-refractivity contribution in [3.8, 4) is 5.75 Å². The van der Waals surface area contributed by atoms with Gasteiger partial charge in [0.05, 0.1) is 18.8 Å². The minimum absolute atomic E-state index is 0. The van der Waals surface area contributed by atoms with Gasteiger partial charge in [-0.3, -0.25) is 0 Å². The van der Waals surface area contributed by atoms with Crippen LogP contribution >= 0.6 is 24.0 Å². The van der Waals surface area contributed by atoms with Crippen LogP contribution in [0.15, 0.2) is 27.7 Å². The van der Waals surface area contributed by atoms with Crippen molar-refractivity contribution in [2.75, 3.05) is 19.7 Å². The third-order valence-electron chi connectivity index (χ3n) is 4.99. The van der Waals surface area contributed by atoms with E-state index in [1.807, 2.05) is 13.8 Å². The summed E-state index contributed by atoms with van der Waals surface area (Å²) in [5, 5.41) is 10.7. The molecule has 1 aromatic heterocycles. The smallest absolute Gasteiger partial charge is 0.191 e. The van der Waals surface area contributed by atoms with Crippen molar-refractivity contribution >= 4 is 29.9 Å². The van der Waals surface area contributed by atoms with Crippen molar-refractivity contribution in [1.29, 1.82) is 0 Å². The van der Waals surface area contributed by atoms with E-state index in [0.717, 1.165) is 66.3 Å². The van der Waals surface area contributed by atoms with Gasteiger partial charge >= 0.3 is 0 Å². The normalized spacial score (nSPS) is 13.7. The third kappa shape index (κ3) is 7.21. The Morgan fingerprint density at radius 1 is 1.24 bits per heavy atom. The first-order chi connectivity index (χ1) is 13.6. The second-order valence-electron chi connectivity index (χ2n) is 7.54. The molecule has 2 N–H and O–H groups in total. The molecule has 1 aliphatic rings. The number of aryl methyl sites for hydroxylation is 3. The highest BCUT2D eigenvalue weighted by Crippen LogP contribution is 2.31. The Kier molecular flexibility index (Phi) is 9.26. The van der Waals surface area contributed by atoms with Crippen LogP contribution in [0.1, 0.15) is 47.9 Å². The number of guanidine groups is 1. The van der Waals surface area contributed by atoms with Crippen LogP contribution in [0.25, 0.3) is 0 Å². The van der Waals surface area contributed by atoms with E-state index >= 15 is 0 Å². The molecular weight excluding hydrogens is 479 g/mol. The number of ether oxygens (including phenoxy) is 1. The summed E-state index contributed by atoms with van der Waals surface area (Å²) in [4.78, 5) is 4.76. The van der Waals surface area contributed by atoms with E-state index in [0.29, 0.717) is 6.54 Å². The summed E-state index contributed by atoms with van der Waals surface area (Å²) in [7, 11) is 0. The number of nitrogens with one attached hydrogen (secondary N) is 2. The van der Waals surface area contributed by atoms with Gasteiger partial charge < -0.3 is 19.9 Å². The van der Waals surface area contributed by atoms with Gasteiger partial charge in [0.25, 0.3) is 0 Å². The Labute approximate surface area is 190 Å². The molecule has 0 atom stereocenters. The predicted octanol–water partition coefficient (Wildman–Crippen LogP) is 4.30. The van der Waals surface area contributed by atoms with E-state index in [9.17, 15) is 0 Å². The molecule has 0 amide bonds. The van der Waals surface area contributed by atoms with Crippen LogP contribution in [0.2, 0.25) is 0 Å². The molecule has 0 radical (unpaired) electrons. The molecule has 0 saturated heterocycles. The van der Waals surface area contributed by atoms with Gasteiger partial charge in [0.2, 0.25) is 0 Å². The first kappa shape index (κ1) is 23.5. The summed E-state index contributed by atoms with van der Waals surface area (Å²) in [6.07, 6.45) is 3.43. The molecule has 6 nitrogen and oxygen atoms in total. The quantitative estimate of drug-likeness (QED) is 0.298. The maximum Gasteiger partial charge on any atom is 0.191 e. The number of aliphatic imine (C=N–C) groups is 1. The van der Waals surface area contributed by atoms with Crippen LogP contribution in [-0.2, 0) is 13.0 Å². The highest BCUT2D eigenvalue weighted by Gasteiger charge is 2.22. The molecule has 160 valence electrons. The second-order valence-corrected chi connectivity index (χ2v) is 7.54. The monoisotopic (exact) mass is 512 g/mol. The molecule has 29 heavy (non-hydrogen) atoms. The number of halogens is 1. The number of aromatic nitrogens is 1. The van der Waals surface area contributed by atoms with Crippen molar-refractivity contribution < 1.29 is 9.26 Å². The van der Waals surface area contributed by atoms with Crippen LogP contribution in [0, 0.1) is 26.7 Å². The van der Waals surface area contributed by atoms with Crippen LogP contribution in [0.5, 0.6) is 5.75 Å². The van der Waals surface area contributed by atoms with Crippen molar-refractivity contribution in [2.45, 2.75) is 53.5 Å². The van der Waals surface area contributed by atoms with Crippen molar-refractivity contribution in [3.63, 3.8) is 0 Å². The topological polar surface area (TPSA) is 71.7 Å². The molecule has 1 saturated carbocycles. The van der Waals surface area contributed by atoms with E-state index in [1.165, 1.54) is 18.4 Å². The minimum atomic E-state index is 0. The summed E-state index contributed by atoms with van der Waals surface area (Å²) in [5.74, 6) is 3.39. The Balaban J connectivity index is 0.00000300. The molecule has 1 aromatic carbocycles. The lowest BCUT2D eigenvalue weighted by Gasteiger charge is -2.13. The first-order valence-corrected chi connectivity index (χ1v) is 10.2. The van der Waals surface area contributed by atoms with Gasteiger partial charge in [-0.25, -0.2) is 4.99 Å². The van der Waals surface area contributed by atoms with Crippen LogP contribution < -0.4 is 15.4 Å². The molecule has 0 spiro atoms. The zero-order chi connectivity index (χ0) is 19.9. The fourth-order valence-corrected chi connectivity index (χ4v) is 3.09. The van der Waals surface area contributed by atoms with Gasteiger partial charge in [0.15, 0.2) is 5.96 Å². The SMILES string of the molecule is CCNC(=NCc1ccc(C)cc1OCC1CC1)NCCc1c(C)noc1C.I. The molecule has 7 heteroatoms. The number of nitrogens with zero attached hydrogens (tertiary/aromatic N) is 2. The molecule has 1 fully saturated rings. The van der Waals surface area contributed by atoms with Gasteiger partial charge in [-0.15, -0.1) is 24.0 Å². The molecule has 1 aliphatic carbocycles. The summed E-state index contributed by atoms with van der Waals surface area (Å²) in [6, 6.07) is 6.35. The molecule has 0 bridgehead atoms. The predicted molar refractivity (Wildman–Crippen MR) is 127 cm³/mol. The summed E-state index contributed by atoms with van der Waals surface area (Å²) in [5.41, 5.74) is 4.45. The maximum absolute atomic E-state index is 6.06. The van der Waals surface area contributed by atoms with E-state index < -0.39 is 0 Å². The summed E-state index contributed by atoms with van der Waals surface area (Å²) >= 11 is 0. The molecule has 0 unspecified atom stereocenters. The lowest BCUT2D eigenvalue weighted by Crippen LogP contribution is -2.38. The van der Waals surface area contributed by atoms with Crippen LogP contribution in [0.3, 0.4) is 0 Å². The summed E-state index contributed by atoms with van der Waals surface area (Å²) in [6.45, 7) is 11.1. The van der Waals surface area contributed by atoms with E-state index in [2.05, 4.69) is 47.8 Å². The average molecular weight is 512 g/mol. The highest BCUT2D eigenvalue weighted by molar-refractivity contribution is 14.0. The van der Waals surface area contributed by atoms with Crippen LogP contribution in [0.4, 0.5) is 0 Å². The van der Waals surface area contributed by atoms with Gasteiger partial charge in [-0.1, -0.05) is 17.3 Å². The lowest BCUT2D eigenvalue weighted by molar-refractivity contribution is 0.296. The van der Waals surface area contributed by atoms with E-state index in [1.54, 1.807) is 0 Å². The fourth-order valence-electron chi connectivity index (χ4n) is 3.09. The maximum atomic E-state index is 6.06. The zero-order valence-corrected chi connectivity index (χ0v) is 20.2. The zero-order valence-electron chi connectivity index (χ0n) is 17.9. The van der Waals surface area contributed by atoms with E-state index in [4.69, 9.17) is 14.3 Å². The Hall–Kier alpha value is -1.77. The third-order valence-corrected chi connectivity index (χ3v) is 4.99. The summed E-state index contributed by atoms with van der Waals surface area (Å²) < 4.78 is 11.3. The van der Waals surface area contributed by atoms with Gasteiger partial charge in [0, 0.05) is 24.2 Å². The minimum Gasteiger partial charge on any atom is -0.493 e. The van der Waals surface area contributed by atoms with E-state index in [-0.39, 0.29) is 24.0 Å². The average Bonchev–Trinajstić information content (AvgIpc) is 3.45. The largest absolute Gasteiger partial charge is 0.493 e. The number of hydrogen-bond acceptors (Lipinski definition) is 4. The van der Waals surface area contributed by atoms with Gasteiger partial charge in [-0.2, -0.15) is 0 Å². The molecular formula is C22H33IN4O2. The molecule has 3 rings (SSSR count). The lowest BCUT2D eigenvalue weighted by atomic mass is 10.1. The van der Waals surface area contributed by atoms with Crippen molar-refractivity contribution in [1.82, 2.24) is 15.8 Å². The molecule has 2 aromatic rings. The second kappa shape index (κ2) is 11.4. The Bertz CT molecular complexity index is 796. The van der Waals surface area contributed by atoms with Crippen LogP contribution in [-0.4, -0.2) is 30.8 Å². The highest BCUT2D eigenvalue weighted by atomic mass is 127. The van der Waals surface area contributed by atoms with Gasteiger partial charge in [-0.05, 0) is 64.5 Å². The number of rotatable bonds is 9. The standard InChI is InChI=1S/C22H32N4O2.HI/c1-5-23-22(24-11-10-20-16(3)26-28-17(20)4)25-13-19-9-6-15(2)12-21(19)27-14-18-7-8-18;/h6,9,12,18H,5,7-8,10-11,13-14H2,1-4H3,(H2,23,24,25);1H. The fraction of sp³-hybridized carbons (Fsp3) is 0.545. The Morgan fingerprint density at radius 3 is 2.69 bits per heavy atom. The first-order valence-electron chi connectivity index (χ1n) is 10.2. The number of benzene rings is 1. The van der Waals surface area contributed by atoms with Crippen molar-refractivity contribution in [2.24, 2.45) is 10.9 Å². The Morgan fingerprint density at radius 2 is 2.03 bits per heavy atom. The molecule has 1 heterocycles. The molecule has 0 aliphatic heterocycles. The van der Waals surface area contributed by atoms with Gasteiger partial charge in [0.1, 0.15) is 11.5 Å². The van der Waals surface area contributed by atoms with Crippen molar-refractivity contribution in [3.05, 3.63) is 46.3 Å². The number of hydrogen-bond donors (Lipinski definition) is 2.